The average Bonchev–Trinajstić information content (AvgIpc) is 3.10. The minimum atomic E-state index is -3.90. The number of hydrogen-bond donors (Lipinski definition) is 1. The van der Waals surface area contributed by atoms with Crippen LogP contribution in [0.5, 0.6) is 0 Å². The maximum absolute atomic E-state index is 12.0. The lowest BCUT2D eigenvalue weighted by Crippen LogP contribution is -2.09. The fraction of sp³-hybridized carbons (Fsp3) is 0.250. The van der Waals surface area contributed by atoms with Crippen LogP contribution in [0, 0.1) is 0 Å². The van der Waals surface area contributed by atoms with Crippen LogP contribution in [0.25, 0.3) is 22.2 Å². The second kappa shape index (κ2) is 9.81. The number of aliphatic hydroxyl groups is 1. The predicted octanol–water partition coefficient (Wildman–Crippen LogP) is 5.56. The van der Waals surface area contributed by atoms with Gasteiger partial charge >= 0.3 is 0 Å². The molecular formula is C24H23Cl2N3O3S. The summed E-state index contributed by atoms with van der Waals surface area (Å²) in [5.41, 5.74) is 3.34. The summed E-state index contributed by atoms with van der Waals surface area (Å²) in [5.74, 6) is 0.860. The zero-order chi connectivity index (χ0) is 23.6. The van der Waals surface area contributed by atoms with E-state index in [0.717, 1.165) is 41.6 Å². The molecule has 0 saturated heterocycles. The first kappa shape index (κ1) is 23.7. The topological polar surface area (TPSA) is 85.1 Å². The summed E-state index contributed by atoms with van der Waals surface area (Å²) in [6, 6.07) is 16.1. The van der Waals surface area contributed by atoms with E-state index in [1.165, 1.54) is 6.07 Å². The highest BCUT2D eigenvalue weighted by Gasteiger charge is 2.18. The molecular weight excluding hydrogens is 481 g/mol. The van der Waals surface area contributed by atoms with Crippen molar-refractivity contribution in [1.29, 1.82) is 0 Å². The summed E-state index contributed by atoms with van der Waals surface area (Å²) < 4.78 is 25.9. The molecule has 4 rings (SSSR count). The average molecular weight is 504 g/mol. The van der Waals surface area contributed by atoms with Crippen LogP contribution in [0.4, 0.5) is 0 Å². The van der Waals surface area contributed by atoms with Crippen molar-refractivity contribution >= 4 is 42.2 Å². The first-order valence-corrected chi connectivity index (χ1v) is 13.3. The number of aromatic nitrogens is 3. The van der Waals surface area contributed by atoms with Gasteiger partial charge in [0.05, 0.1) is 28.4 Å². The molecule has 1 N–H and O–H groups in total. The Bertz CT molecular complexity index is 1420. The van der Waals surface area contributed by atoms with Crippen LogP contribution in [-0.4, -0.2) is 28.1 Å². The van der Waals surface area contributed by atoms with Crippen molar-refractivity contribution in [1.82, 2.24) is 14.5 Å². The Kier molecular flexibility index (Phi) is 7.05. The number of aliphatic hydroxyl groups excluding tert-OH is 1. The lowest BCUT2D eigenvalue weighted by Gasteiger charge is -2.12. The summed E-state index contributed by atoms with van der Waals surface area (Å²) in [6.45, 7) is 2.46. The van der Waals surface area contributed by atoms with E-state index < -0.39 is 9.05 Å². The first-order chi connectivity index (χ1) is 15.8. The summed E-state index contributed by atoms with van der Waals surface area (Å²) in [4.78, 5) is 9.14. The molecule has 0 aliphatic carbocycles. The standard InChI is InChI=1S/C24H23Cl2N3O3S/c1-2-3-8-23-28-24(25)21(15-30)29(23)14-16-9-11-19-17(13-16)10-12-20(27-19)18-6-4-5-7-22(18)33(26,31)32/h4-7,9-13,30H,2-3,8,14-15H2,1H3. The molecule has 2 aromatic heterocycles. The van der Waals surface area contributed by atoms with Crippen LogP contribution in [-0.2, 0) is 28.6 Å². The maximum Gasteiger partial charge on any atom is 0.261 e. The lowest BCUT2D eigenvalue weighted by atomic mass is 10.1. The zero-order valence-electron chi connectivity index (χ0n) is 18.0. The van der Waals surface area contributed by atoms with Crippen molar-refractivity contribution < 1.29 is 13.5 Å². The van der Waals surface area contributed by atoms with Gasteiger partial charge in [0.25, 0.3) is 9.05 Å². The van der Waals surface area contributed by atoms with Crippen molar-refractivity contribution in [3.05, 3.63) is 76.8 Å². The Morgan fingerprint density at radius 3 is 2.58 bits per heavy atom. The van der Waals surface area contributed by atoms with Crippen LogP contribution >= 0.6 is 22.3 Å². The summed E-state index contributed by atoms with van der Waals surface area (Å²) in [7, 11) is 1.71. The van der Waals surface area contributed by atoms with Crippen LogP contribution in [0.15, 0.2) is 59.5 Å². The molecule has 33 heavy (non-hydrogen) atoms. The number of rotatable bonds is 8. The Morgan fingerprint density at radius 2 is 1.85 bits per heavy atom. The van der Waals surface area contributed by atoms with E-state index in [1.54, 1.807) is 24.3 Å². The largest absolute Gasteiger partial charge is 0.390 e. The highest BCUT2D eigenvalue weighted by Crippen LogP contribution is 2.30. The number of pyridine rings is 1. The molecule has 0 amide bonds. The molecule has 4 aromatic rings. The quantitative estimate of drug-likeness (QED) is 0.318. The third-order valence-electron chi connectivity index (χ3n) is 5.53. The van der Waals surface area contributed by atoms with Gasteiger partial charge in [0.2, 0.25) is 0 Å². The van der Waals surface area contributed by atoms with Gasteiger partial charge in [-0.25, -0.2) is 18.4 Å². The van der Waals surface area contributed by atoms with E-state index in [4.69, 9.17) is 22.3 Å². The monoisotopic (exact) mass is 503 g/mol. The third-order valence-corrected chi connectivity index (χ3v) is 7.21. The smallest absolute Gasteiger partial charge is 0.261 e. The van der Waals surface area contributed by atoms with Crippen molar-refractivity contribution in [2.24, 2.45) is 0 Å². The van der Waals surface area contributed by atoms with Gasteiger partial charge < -0.3 is 9.67 Å². The number of halogens is 2. The molecule has 0 radical (unpaired) electrons. The fourth-order valence-corrected chi connectivity index (χ4v) is 5.20. The van der Waals surface area contributed by atoms with Crippen LogP contribution in [0.3, 0.4) is 0 Å². The number of imidazole rings is 1. The second-order valence-corrected chi connectivity index (χ2v) is 10.7. The molecule has 9 heteroatoms. The minimum Gasteiger partial charge on any atom is -0.390 e. The first-order valence-electron chi connectivity index (χ1n) is 10.6. The Hall–Kier alpha value is -2.45. The molecule has 0 bridgehead atoms. The molecule has 0 aliphatic rings. The van der Waals surface area contributed by atoms with Crippen molar-refractivity contribution in [3.63, 3.8) is 0 Å². The lowest BCUT2D eigenvalue weighted by molar-refractivity contribution is 0.271. The van der Waals surface area contributed by atoms with Crippen molar-refractivity contribution in [2.75, 3.05) is 0 Å². The van der Waals surface area contributed by atoms with Gasteiger partial charge in [-0.15, -0.1) is 0 Å². The number of benzene rings is 2. The second-order valence-electron chi connectivity index (χ2n) is 7.77. The highest BCUT2D eigenvalue weighted by molar-refractivity contribution is 8.13. The molecule has 0 fully saturated rings. The van der Waals surface area contributed by atoms with E-state index in [-0.39, 0.29) is 11.5 Å². The highest BCUT2D eigenvalue weighted by atomic mass is 35.7. The Labute approximate surface area is 202 Å². The van der Waals surface area contributed by atoms with E-state index in [1.807, 2.05) is 28.8 Å². The van der Waals surface area contributed by atoms with E-state index in [9.17, 15) is 13.5 Å². The molecule has 0 aliphatic heterocycles. The number of nitrogens with zero attached hydrogens (tertiary/aromatic N) is 3. The summed E-state index contributed by atoms with van der Waals surface area (Å²) in [5, 5.41) is 11.0. The number of fused-ring (bicyclic) bond motifs is 1. The SMILES string of the molecule is CCCCc1nc(Cl)c(CO)n1Cc1ccc2nc(-c3ccccc3S(=O)(=O)Cl)ccc2c1. The molecule has 172 valence electrons. The molecule has 2 aromatic carbocycles. The molecule has 0 unspecified atom stereocenters. The van der Waals surface area contributed by atoms with Gasteiger partial charge in [0.1, 0.15) is 5.82 Å². The zero-order valence-corrected chi connectivity index (χ0v) is 20.3. The molecule has 0 spiro atoms. The van der Waals surface area contributed by atoms with Crippen LogP contribution < -0.4 is 0 Å². The molecule has 6 nitrogen and oxygen atoms in total. The third kappa shape index (κ3) is 5.06. The van der Waals surface area contributed by atoms with E-state index in [2.05, 4.69) is 16.9 Å². The number of unbranched alkanes of at least 4 members (excludes halogenated alkanes) is 1. The number of aryl methyl sites for hydroxylation is 1. The van der Waals surface area contributed by atoms with Crippen LogP contribution in [0.2, 0.25) is 5.15 Å². The van der Waals surface area contributed by atoms with E-state index in [0.29, 0.717) is 28.6 Å². The Morgan fingerprint density at radius 1 is 1.06 bits per heavy atom. The van der Waals surface area contributed by atoms with Crippen molar-refractivity contribution in [3.8, 4) is 11.3 Å². The summed E-state index contributed by atoms with van der Waals surface area (Å²) >= 11 is 6.26. The van der Waals surface area contributed by atoms with Gasteiger partial charge in [0.15, 0.2) is 5.15 Å². The van der Waals surface area contributed by atoms with Gasteiger partial charge in [-0.05, 0) is 36.2 Å². The van der Waals surface area contributed by atoms with Gasteiger partial charge in [0, 0.05) is 34.6 Å². The molecule has 2 heterocycles. The molecule has 0 saturated carbocycles. The van der Waals surface area contributed by atoms with Crippen molar-refractivity contribution in [2.45, 2.75) is 44.2 Å². The maximum atomic E-state index is 12.0. The normalized spacial score (nSPS) is 11.9. The fourth-order valence-electron chi connectivity index (χ4n) is 3.87. The predicted molar refractivity (Wildman–Crippen MR) is 131 cm³/mol. The van der Waals surface area contributed by atoms with Gasteiger partial charge in [-0.1, -0.05) is 55.3 Å². The number of hydrogen-bond acceptors (Lipinski definition) is 5. The van der Waals surface area contributed by atoms with Gasteiger partial charge in [-0.3, -0.25) is 0 Å². The minimum absolute atomic E-state index is 0.0308. The van der Waals surface area contributed by atoms with E-state index >= 15 is 0 Å². The Balaban J connectivity index is 1.70. The van der Waals surface area contributed by atoms with Gasteiger partial charge in [-0.2, -0.15) is 0 Å². The summed E-state index contributed by atoms with van der Waals surface area (Å²) in [6.07, 6.45) is 2.82. The van der Waals surface area contributed by atoms with Crippen LogP contribution in [0.1, 0.15) is 36.8 Å². The molecule has 0 atom stereocenters.